The van der Waals surface area contributed by atoms with E-state index in [2.05, 4.69) is 5.16 Å². The van der Waals surface area contributed by atoms with Crippen LogP contribution in [0.3, 0.4) is 0 Å². The Morgan fingerprint density at radius 2 is 2.18 bits per heavy atom. The molecule has 0 atom stereocenters. The summed E-state index contributed by atoms with van der Waals surface area (Å²) >= 11 is 6.07. The Hall–Kier alpha value is -1.88. The summed E-state index contributed by atoms with van der Waals surface area (Å²) in [5.74, 6) is 0.370. The Morgan fingerprint density at radius 3 is 2.71 bits per heavy atom. The normalized spacial score (nSPS) is 10.5. The van der Waals surface area contributed by atoms with Gasteiger partial charge in [0.05, 0.1) is 12.1 Å². The van der Waals surface area contributed by atoms with Gasteiger partial charge in [0.2, 0.25) is 5.88 Å². The Morgan fingerprint density at radius 1 is 1.47 bits per heavy atom. The van der Waals surface area contributed by atoms with Crippen molar-refractivity contribution in [2.75, 3.05) is 12.8 Å². The van der Waals surface area contributed by atoms with E-state index in [4.69, 9.17) is 26.6 Å². The van der Waals surface area contributed by atoms with Crippen LogP contribution in [0.5, 0.6) is 11.5 Å². The maximum Gasteiger partial charge on any atom is 0.222 e. The molecule has 0 aliphatic heterocycles. The average molecular weight is 255 g/mol. The number of hydrogen-bond donors (Lipinski definition) is 2. The highest BCUT2D eigenvalue weighted by molar-refractivity contribution is 6.35. The first-order valence-corrected chi connectivity index (χ1v) is 5.21. The van der Waals surface area contributed by atoms with Crippen LogP contribution in [0.25, 0.3) is 11.3 Å². The number of aromatic hydroxyl groups is 1. The lowest BCUT2D eigenvalue weighted by Crippen LogP contribution is -1.91. The minimum atomic E-state index is -0.128. The number of anilines is 1. The van der Waals surface area contributed by atoms with Crippen molar-refractivity contribution in [2.24, 2.45) is 0 Å². The average Bonchev–Trinajstić information content (AvgIpc) is 2.70. The number of nitrogens with two attached hydrogens (primary N) is 1. The highest BCUT2D eigenvalue weighted by Crippen LogP contribution is 2.43. The minimum absolute atomic E-state index is 0.128. The Kier molecular flexibility index (Phi) is 2.85. The third kappa shape index (κ3) is 1.89. The van der Waals surface area contributed by atoms with E-state index >= 15 is 0 Å². The van der Waals surface area contributed by atoms with E-state index in [1.54, 1.807) is 12.1 Å². The van der Waals surface area contributed by atoms with Crippen molar-refractivity contribution in [1.82, 2.24) is 5.16 Å². The topological polar surface area (TPSA) is 81.5 Å². The van der Waals surface area contributed by atoms with Crippen LogP contribution in [0.1, 0.15) is 5.56 Å². The third-order valence-electron chi connectivity index (χ3n) is 2.41. The van der Waals surface area contributed by atoms with Crippen molar-refractivity contribution in [3.63, 3.8) is 0 Å². The highest BCUT2D eigenvalue weighted by atomic mass is 35.5. The second-order valence-electron chi connectivity index (χ2n) is 3.55. The zero-order valence-electron chi connectivity index (χ0n) is 9.32. The van der Waals surface area contributed by atoms with Crippen LogP contribution in [0.4, 0.5) is 5.88 Å². The number of nitrogens with zero attached hydrogens (tertiary/aromatic N) is 1. The molecule has 3 N–H and O–H groups in total. The van der Waals surface area contributed by atoms with Crippen LogP contribution in [0.15, 0.2) is 16.7 Å². The van der Waals surface area contributed by atoms with Gasteiger partial charge in [-0.25, -0.2) is 0 Å². The van der Waals surface area contributed by atoms with Gasteiger partial charge in [0.25, 0.3) is 0 Å². The molecule has 0 spiro atoms. The van der Waals surface area contributed by atoms with E-state index in [0.717, 1.165) is 5.56 Å². The molecule has 0 aliphatic rings. The Bertz CT molecular complexity index is 566. The number of hydrogen-bond acceptors (Lipinski definition) is 5. The lowest BCUT2D eigenvalue weighted by atomic mass is 10.0. The molecular formula is C11H11ClN2O3. The molecule has 0 amide bonds. The first kappa shape index (κ1) is 11.6. The zero-order valence-corrected chi connectivity index (χ0v) is 10.1. The van der Waals surface area contributed by atoms with Crippen molar-refractivity contribution in [1.29, 1.82) is 0 Å². The molecule has 17 heavy (non-hydrogen) atoms. The zero-order chi connectivity index (χ0) is 12.6. The van der Waals surface area contributed by atoms with Crippen LogP contribution in [-0.4, -0.2) is 17.4 Å². The minimum Gasteiger partial charge on any atom is -0.503 e. The fraction of sp³-hybridized carbons (Fsp3) is 0.182. The summed E-state index contributed by atoms with van der Waals surface area (Å²) < 4.78 is 9.78. The van der Waals surface area contributed by atoms with Crippen LogP contribution in [0, 0.1) is 6.92 Å². The summed E-state index contributed by atoms with van der Waals surface area (Å²) in [5.41, 5.74) is 7.30. The van der Waals surface area contributed by atoms with Crippen LogP contribution >= 0.6 is 11.6 Å². The number of phenolic OH excluding ortho intramolecular Hbond substituents is 1. The summed E-state index contributed by atoms with van der Waals surface area (Å²) in [6, 6.07) is 3.21. The quantitative estimate of drug-likeness (QED) is 0.861. The molecule has 90 valence electrons. The molecule has 1 aromatic carbocycles. The first-order chi connectivity index (χ1) is 8.04. The molecule has 0 aliphatic carbocycles. The van der Waals surface area contributed by atoms with E-state index in [-0.39, 0.29) is 16.7 Å². The molecule has 0 radical (unpaired) electrons. The molecule has 0 unspecified atom stereocenters. The van der Waals surface area contributed by atoms with E-state index in [1.165, 1.54) is 7.11 Å². The van der Waals surface area contributed by atoms with Gasteiger partial charge in [0.15, 0.2) is 11.5 Å². The molecule has 0 bridgehead atoms. The summed E-state index contributed by atoms with van der Waals surface area (Å²) in [6.07, 6.45) is 0. The van der Waals surface area contributed by atoms with Crippen molar-refractivity contribution in [2.45, 2.75) is 6.92 Å². The molecule has 6 heteroatoms. The molecular weight excluding hydrogens is 244 g/mol. The van der Waals surface area contributed by atoms with E-state index in [0.29, 0.717) is 17.0 Å². The predicted molar refractivity (Wildman–Crippen MR) is 64.3 cm³/mol. The first-order valence-electron chi connectivity index (χ1n) is 4.83. The van der Waals surface area contributed by atoms with Gasteiger partial charge in [-0.15, -0.1) is 0 Å². The summed E-state index contributed by atoms with van der Waals surface area (Å²) in [5, 5.41) is 13.8. The van der Waals surface area contributed by atoms with Crippen molar-refractivity contribution >= 4 is 17.5 Å². The third-order valence-corrected chi connectivity index (χ3v) is 2.78. The highest BCUT2D eigenvalue weighted by Gasteiger charge is 2.18. The number of ether oxygens (including phenoxy) is 1. The number of methoxy groups -OCH3 is 1. The maximum atomic E-state index is 9.82. The van der Waals surface area contributed by atoms with Gasteiger partial charge < -0.3 is 20.1 Å². The van der Waals surface area contributed by atoms with Crippen LogP contribution in [0.2, 0.25) is 5.02 Å². The van der Waals surface area contributed by atoms with Crippen LogP contribution in [-0.2, 0) is 0 Å². The van der Waals surface area contributed by atoms with E-state index in [1.807, 2.05) is 6.92 Å². The number of aryl methyl sites for hydroxylation is 1. The molecule has 0 fully saturated rings. The summed E-state index contributed by atoms with van der Waals surface area (Å²) in [7, 11) is 1.46. The Balaban J connectivity index is 2.66. The number of phenols is 1. The number of aromatic nitrogens is 1. The SMILES string of the molecule is COc1cc(C)c(-c2cc(N)on2)c(Cl)c1O. The standard InChI is InChI=1S/C11H11ClN2O3/c1-5-3-7(16-2)11(15)10(12)9(5)6-4-8(13)17-14-6/h3-4,15H,13H2,1-2H3. The summed E-state index contributed by atoms with van der Waals surface area (Å²) in [4.78, 5) is 0. The molecule has 5 nitrogen and oxygen atoms in total. The fourth-order valence-electron chi connectivity index (χ4n) is 1.61. The number of benzene rings is 1. The van der Waals surface area contributed by atoms with Gasteiger partial charge >= 0.3 is 0 Å². The van der Waals surface area contributed by atoms with Crippen molar-refractivity contribution in [3.8, 4) is 22.8 Å². The molecule has 0 saturated carbocycles. The lowest BCUT2D eigenvalue weighted by Gasteiger charge is -2.11. The van der Waals surface area contributed by atoms with Crippen LogP contribution < -0.4 is 10.5 Å². The van der Waals surface area contributed by atoms with Gasteiger partial charge in [-0.05, 0) is 18.6 Å². The molecule has 1 aromatic heterocycles. The van der Waals surface area contributed by atoms with Gasteiger partial charge in [-0.2, -0.15) is 0 Å². The number of halogens is 1. The van der Waals surface area contributed by atoms with Crippen molar-refractivity contribution < 1.29 is 14.4 Å². The fourth-order valence-corrected chi connectivity index (χ4v) is 1.95. The molecule has 0 saturated heterocycles. The van der Waals surface area contributed by atoms with Crippen molar-refractivity contribution in [3.05, 3.63) is 22.7 Å². The predicted octanol–water partition coefficient (Wildman–Crippen LogP) is 2.60. The smallest absolute Gasteiger partial charge is 0.222 e. The second kappa shape index (κ2) is 4.18. The van der Waals surface area contributed by atoms with Gasteiger partial charge in [0, 0.05) is 11.6 Å². The number of nitrogen functional groups attached to an aromatic ring is 1. The maximum absolute atomic E-state index is 9.82. The number of rotatable bonds is 2. The molecule has 2 aromatic rings. The molecule has 1 heterocycles. The lowest BCUT2D eigenvalue weighted by molar-refractivity contribution is 0.373. The van der Waals surface area contributed by atoms with E-state index < -0.39 is 0 Å². The monoisotopic (exact) mass is 254 g/mol. The molecule has 2 rings (SSSR count). The largest absolute Gasteiger partial charge is 0.503 e. The van der Waals surface area contributed by atoms with E-state index in [9.17, 15) is 5.11 Å². The van der Waals surface area contributed by atoms with Gasteiger partial charge in [0.1, 0.15) is 5.69 Å². The Labute approximate surface area is 103 Å². The second-order valence-corrected chi connectivity index (χ2v) is 3.93. The summed E-state index contributed by atoms with van der Waals surface area (Å²) in [6.45, 7) is 1.83. The van der Waals surface area contributed by atoms with Gasteiger partial charge in [-0.1, -0.05) is 16.8 Å². The van der Waals surface area contributed by atoms with Gasteiger partial charge in [-0.3, -0.25) is 0 Å².